The van der Waals surface area contributed by atoms with E-state index < -0.39 is 12.0 Å². The number of benzene rings is 1. The van der Waals surface area contributed by atoms with Gasteiger partial charge in [0.1, 0.15) is 11.8 Å². The van der Waals surface area contributed by atoms with Crippen LogP contribution in [0, 0.1) is 12.8 Å². The second-order valence-electron chi connectivity index (χ2n) is 7.73. The van der Waals surface area contributed by atoms with Gasteiger partial charge in [0.05, 0.1) is 18.7 Å². The van der Waals surface area contributed by atoms with E-state index >= 15 is 0 Å². The van der Waals surface area contributed by atoms with Crippen LogP contribution in [-0.2, 0) is 20.9 Å². The summed E-state index contributed by atoms with van der Waals surface area (Å²) in [6, 6.07) is 10.8. The van der Waals surface area contributed by atoms with Gasteiger partial charge in [0.15, 0.2) is 0 Å². The molecule has 1 N–H and O–H groups in total. The molecule has 2 aliphatic heterocycles. The fraction of sp³-hybridized carbons (Fsp3) is 0.409. The molecule has 3 amide bonds. The minimum absolute atomic E-state index is 0.0507. The highest BCUT2D eigenvalue weighted by Crippen LogP contribution is 2.29. The Hall–Kier alpha value is -3.09. The standard InChI is InChI=1S/C22H25N3O4/c1-15-6-8-17(9-7-15)25-14-16(12-20(25)26)22(28)24-10-2-5-19(24)21(27)23-13-18-4-3-11-29-18/h3-4,6-9,11,16,19H,2,5,10,12-14H2,1H3,(H,23,27). The summed E-state index contributed by atoms with van der Waals surface area (Å²) in [4.78, 5) is 41.6. The van der Waals surface area contributed by atoms with Crippen molar-refractivity contribution in [3.8, 4) is 0 Å². The Kier molecular flexibility index (Phi) is 5.38. The lowest BCUT2D eigenvalue weighted by Crippen LogP contribution is -2.48. The number of amides is 3. The van der Waals surface area contributed by atoms with Gasteiger partial charge in [-0.2, -0.15) is 0 Å². The van der Waals surface area contributed by atoms with Gasteiger partial charge in [-0.3, -0.25) is 14.4 Å². The molecule has 2 aromatic rings. The normalized spacial score (nSPS) is 21.6. The second-order valence-corrected chi connectivity index (χ2v) is 7.73. The minimum atomic E-state index is -0.485. The van der Waals surface area contributed by atoms with Crippen LogP contribution >= 0.6 is 0 Å². The van der Waals surface area contributed by atoms with Crippen LogP contribution in [0.3, 0.4) is 0 Å². The lowest BCUT2D eigenvalue weighted by Gasteiger charge is -2.26. The molecule has 2 unspecified atom stereocenters. The second kappa shape index (κ2) is 8.11. The third kappa shape index (κ3) is 4.04. The lowest BCUT2D eigenvalue weighted by molar-refractivity contribution is -0.141. The topological polar surface area (TPSA) is 82.9 Å². The van der Waals surface area contributed by atoms with Gasteiger partial charge in [-0.15, -0.1) is 0 Å². The summed E-state index contributed by atoms with van der Waals surface area (Å²) in [6.45, 7) is 3.20. The van der Waals surface area contributed by atoms with Crippen molar-refractivity contribution in [2.24, 2.45) is 5.92 Å². The Balaban J connectivity index is 1.39. The van der Waals surface area contributed by atoms with Crippen molar-refractivity contribution >= 4 is 23.4 Å². The molecule has 0 bridgehead atoms. The fourth-order valence-corrected chi connectivity index (χ4v) is 4.09. The van der Waals surface area contributed by atoms with Crippen molar-refractivity contribution in [1.29, 1.82) is 0 Å². The summed E-state index contributed by atoms with van der Waals surface area (Å²) < 4.78 is 5.24. The Labute approximate surface area is 169 Å². The van der Waals surface area contributed by atoms with E-state index in [-0.39, 0.29) is 24.1 Å². The molecule has 2 atom stereocenters. The molecule has 2 fully saturated rings. The maximum Gasteiger partial charge on any atom is 0.243 e. The Morgan fingerprint density at radius 2 is 2.00 bits per heavy atom. The van der Waals surface area contributed by atoms with Gasteiger partial charge >= 0.3 is 0 Å². The number of nitrogens with one attached hydrogen (secondary N) is 1. The van der Waals surface area contributed by atoms with E-state index in [0.29, 0.717) is 31.8 Å². The highest BCUT2D eigenvalue weighted by molar-refractivity contribution is 6.01. The molecule has 2 aliphatic rings. The van der Waals surface area contributed by atoms with Crippen LogP contribution in [0.1, 0.15) is 30.6 Å². The van der Waals surface area contributed by atoms with Crippen LogP contribution in [0.25, 0.3) is 0 Å². The van der Waals surface area contributed by atoms with Crippen molar-refractivity contribution in [3.63, 3.8) is 0 Å². The van der Waals surface area contributed by atoms with E-state index in [1.807, 2.05) is 31.2 Å². The van der Waals surface area contributed by atoms with Gasteiger partial charge < -0.3 is 19.5 Å². The van der Waals surface area contributed by atoms with Crippen molar-refractivity contribution < 1.29 is 18.8 Å². The first-order valence-electron chi connectivity index (χ1n) is 10.0. The third-order valence-corrected chi connectivity index (χ3v) is 5.68. The molecule has 152 valence electrons. The Morgan fingerprint density at radius 3 is 2.72 bits per heavy atom. The van der Waals surface area contributed by atoms with E-state index in [9.17, 15) is 14.4 Å². The molecule has 4 rings (SSSR count). The quantitative estimate of drug-likeness (QED) is 0.842. The zero-order chi connectivity index (χ0) is 20.4. The number of carbonyl (C=O) groups excluding carboxylic acids is 3. The maximum atomic E-state index is 13.1. The Bertz CT molecular complexity index is 891. The highest BCUT2D eigenvalue weighted by Gasteiger charge is 2.42. The maximum absolute atomic E-state index is 13.1. The SMILES string of the molecule is Cc1ccc(N2CC(C(=O)N3CCCC3C(=O)NCc3ccco3)CC2=O)cc1. The molecule has 0 saturated carbocycles. The van der Waals surface area contributed by atoms with Crippen LogP contribution in [0.5, 0.6) is 0 Å². The molecule has 29 heavy (non-hydrogen) atoms. The first-order valence-corrected chi connectivity index (χ1v) is 10.0. The molecule has 1 aromatic heterocycles. The summed E-state index contributed by atoms with van der Waals surface area (Å²) in [5, 5.41) is 2.85. The molecule has 0 radical (unpaired) electrons. The molecular weight excluding hydrogens is 370 g/mol. The number of hydrogen-bond donors (Lipinski definition) is 1. The van der Waals surface area contributed by atoms with Gasteiger partial charge in [0, 0.05) is 25.2 Å². The van der Waals surface area contributed by atoms with Gasteiger partial charge in [0.25, 0.3) is 0 Å². The van der Waals surface area contributed by atoms with Gasteiger partial charge in [-0.1, -0.05) is 17.7 Å². The van der Waals surface area contributed by atoms with Crippen molar-refractivity contribution in [2.45, 2.75) is 38.8 Å². The van der Waals surface area contributed by atoms with Gasteiger partial charge in [0.2, 0.25) is 17.7 Å². The summed E-state index contributed by atoms with van der Waals surface area (Å²) in [7, 11) is 0. The van der Waals surface area contributed by atoms with Crippen molar-refractivity contribution in [2.75, 3.05) is 18.0 Å². The van der Waals surface area contributed by atoms with Gasteiger partial charge in [-0.25, -0.2) is 0 Å². The predicted molar refractivity (Wildman–Crippen MR) is 107 cm³/mol. The zero-order valence-electron chi connectivity index (χ0n) is 16.5. The van der Waals surface area contributed by atoms with Crippen LogP contribution < -0.4 is 10.2 Å². The summed E-state index contributed by atoms with van der Waals surface area (Å²) in [5.74, 6) is -0.0765. The number of anilines is 1. The highest BCUT2D eigenvalue weighted by atomic mass is 16.3. The third-order valence-electron chi connectivity index (χ3n) is 5.68. The van der Waals surface area contributed by atoms with E-state index in [4.69, 9.17) is 4.42 Å². The number of carbonyl (C=O) groups is 3. The number of furan rings is 1. The zero-order valence-corrected chi connectivity index (χ0v) is 16.5. The van der Waals surface area contributed by atoms with Crippen molar-refractivity contribution in [1.82, 2.24) is 10.2 Å². The molecule has 3 heterocycles. The molecule has 7 nitrogen and oxygen atoms in total. The minimum Gasteiger partial charge on any atom is -0.467 e. The fourth-order valence-electron chi connectivity index (χ4n) is 4.09. The van der Waals surface area contributed by atoms with E-state index in [1.165, 1.54) is 0 Å². The average molecular weight is 395 g/mol. The van der Waals surface area contributed by atoms with Gasteiger partial charge in [-0.05, 0) is 44.0 Å². The first-order chi connectivity index (χ1) is 14.0. The molecule has 2 saturated heterocycles. The number of aryl methyl sites for hydroxylation is 1. The molecular formula is C22H25N3O4. The number of nitrogens with zero attached hydrogens (tertiary/aromatic N) is 2. The molecule has 7 heteroatoms. The van der Waals surface area contributed by atoms with E-state index in [1.54, 1.807) is 28.2 Å². The largest absolute Gasteiger partial charge is 0.467 e. The summed E-state index contributed by atoms with van der Waals surface area (Å²) in [6.07, 6.45) is 3.17. The summed E-state index contributed by atoms with van der Waals surface area (Å²) in [5.41, 5.74) is 1.93. The number of rotatable bonds is 5. The van der Waals surface area contributed by atoms with Crippen LogP contribution in [0.2, 0.25) is 0 Å². The Morgan fingerprint density at radius 1 is 1.21 bits per heavy atom. The van der Waals surface area contributed by atoms with Crippen molar-refractivity contribution in [3.05, 3.63) is 54.0 Å². The monoisotopic (exact) mass is 395 g/mol. The number of likely N-dealkylation sites (tertiary alicyclic amines) is 1. The first kappa shape index (κ1) is 19.2. The van der Waals surface area contributed by atoms with E-state index in [2.05, 4.69) is 5.32 Å². The average Bonchev–Trinajstić information content (AvgIpc) is 3.47. The number of hydrogen-bond acceptors (Lipinski definition) is 4. The van der Waals surface area contributed by atoms with Crippen LogP contribution in [0.4, 0.5) is 5.69 Å². The summed E-state index contributed by atoms with van der Waals surface area (Å²) >= 11 is 0. The molecule has 0 spiro atoms. The van der Waals surface area contributed by atoms with E-state index in [0.717, 1.165) is 17.7 Å². The predicted octanol–water partition coefficient (Wildman–Crippen LogP) is 2.25. The van der Waals surface area contributed by atoms with Crippen LogP contribution in [-0.4, -0.2) is 41.8 Å². The molecule has 0 aliphatic carbocycles. The lowest BCUT2D eigenvalue weighted by atomic mass is 10.1. The van der Waals surface area contributed by atoms with Crippen LogP contribution in [0.15, 0.2) is 47.1 Å². The molecule has 1 aromatic carbocycles. The smallest absolute Gasteiger partial charge is 0.243 e.